The first-order valence-corrected chi connectivity index (χ1v) is 23.3. The molecule has 8 rings (SSSR count). The van der Waals surface area contributed by atoms with Gasteiger partial charge in [-0.3, -0.25) is 33.2 Å². The van der Waals surface area contributed by atoms with Crippen LogP contribution in [0.5, 0.6) is 0 Å². The van der Waals surface area contributed by atoms with Gasteiger partial charge in [0.1, 0.15) is 23.1 Å². The van der Waals surface area contributed by atoms with Crippen LogP contribution in [-0.4, -0.2) is 89.5 Å². The first kappa shape index (κ1) is 59.5. The maximum absolute atomic E-state index is 13.9. The van der Waals surface area contributed by atoms with Gasteiger partial charge >= 0.3 is 5.97 Å². The topological polar surface area (TPSA) is 163 Å². The number of ether oxygens (including phenoxy) is 1. The minimum absolute atomic E-state index is 0. The maximum Gasteiger partial charge on any atom is 0.306 e. The summed E-state index contributed by atoms with van der Waals surface area (Å²) in [6.45, 7) is 2.75. The van der Waals surface area contributed by atoms with Crippen molar-refractivity contribution in [3.05, 3.63) is 156 Å². The molecule has 26 heteroatoms. The standard InChI is InChI=1S/C15H13BrF3N3O.C15H14F3N3O.C12H14F3NO2.C5H5BrN2O.ClH/c1-21-13(11(16)5-20-21)7-22-6-8(2-14(22)23)10-3-9(17)4-12(18)15(10)19;1-20-11(2-3-19-20)8-21-7-9(4-14(21)22)12-5-10(16)6-13(17)15(12)18;1-2-18-11(17)3-7(6-16)9-4-8(13)5-10(14)12(9)15;1-8-5(3-9)4(6)2-7-8;/h3-5,8H,2,6-7H2,1H3;2-3,5-6,9H,4,7-8H2,1H3;4-5,7H,2-3,6,16H2,1H3;2-3H,1H3;1H. The number of halogens is 12. The predicted molar refractivity (Wildman–Crippen MR) is 255 cm³/mol. The molecule has 3 aromatic heterocycles. The smallest absolute Gasteiger partial charge is 0.306 e. The average Bonchev–Trinajstić information content (AvgIpc) is 4.15. The number of benzene rings is 3. The summed E-state index contributed by atoms with van der Waals surface area (Å²) in [5.41, 5.74) is 7.17. The largest absolute Gasteiger partial charge is 0.466 e. The van der Waals surface area contributed by atoms with Crippen LogP contribution in [0.3, 0.4) is 0 Å². The summed E-state index contributed by atoms with van der Waals surface area (Å²) in [7, 11) is 5.23. The fourth-order valence-electron chi connectivity index (χ4n) is 7.73. The van der Waals surface area contributed by atoms with Gasteiger partial charge in [0, 0.05) is 89.2 Å². The average molecular weight is 1180 g/mol. The first-order chi connectivity index (χ1) is 34.1. The van der Waals surface area contributed by atoms with Crippen molar-refractivity contribution in [2.24, 2.45) is 26.9 Å². The Labute approximate surface area is 435 Å². The zero-order chi connectivity index (χ0) is 53.1. The highest BCUT2D eigenvalue weighted by atomic mass is 79.9. The molecule has 2 fully saturated rings. The normalized spacial score (nSPS) is 15.4. The van der Waals surface area contributed by atoms with Crippen LogP contribution in [0.4, 0.5) is 39.5 Å². The number of aromatic nitrogens is 6. The van der Waals surface area contributed by atoms with Crippen LogP contribution in [-0.2, 0) is 53.4 Å². The molecular weight excluding hydrogens is 1140 g/mol. The monoisotopic (exact) mass is 1180 g/mol. The minimum Gasteiger partial charge on any atom is -0.466 e. The summed E-state index contributed by atoms with van der Waals surface area (Å²) >= 11 is 6.52. The number of carbonyl (C=O) groups is 4. The number of hydrogen-bond donors (Lipinski definition) is 1. The van der Waals surface area contributed by atoms with Gasteiger partial charge in [0.05, 0.1) is 58.8 Å². The fourth-order valence-corrected chi connectivity index (χ4v) is 8.64. The number of esters is 1. The molecule has 0 spiro atoms. The Morgan fingerprint density at radius 3 is 1.64 bits per heavy atom. The predicted octanol–water partition coefficient (Wildman–Crippen LogP) is 8.99. The van der Waals surface area contributed by atoms with E-state index in [9.17, 15) is 58.7 Å². The number of aryl methyl sites for hydroxylation is 3. The number of carbonyl (C=O) groups excluding carboxylic acids is 4. The number of rotatable bonds is 12. The van der Waals surface area contributed by atoms with Crippen LogP contribution in [0.15, 0.2) is 70.0 Å². The van der Waals surface area contributed by atoms with Crippen molar-refractivity contribution >= 4 is 68.3 Å². The van der Waals surface area contributed by atoms with Crippen LogP contribution < -0.4 is 5.73 Å². The quantitative estimate of drug-likeness (QED) is 0.0546. The lowest BCUT2D eigenvalue weighted by Gasteiger charge is -2.17. The van der Waals surface area contributed by atoms with Gasteiger partial charge in [0.15, 0.2) is 41.2 Å². The zero-order valence-corrected chi connectivity index (χ0v) is 43.2. The van der Waals surface area contributed by atoms with Crippen LogP contribution in [0.2, 0.25) is 0 Å². The molecule has 2 saturated heterocycles. The molecule has 0 saturated carbocycles. The Balaban J connectivity index is 0.000000219. The van der Waals surface area contributed by atoms with E-state index in [1.807, 2.05) is 0 Å². The molecule has 2 aliphatic rings. The van der Waals surface area contributed by atoms with E-state index in [0.29, 0.717) is 37.0 Å². The van der Waals surface area contributed by atoms with Gasteiger partial charge in [-0.1, -0.05) is 0 Å². The van der Waals surface area contributed by atoms with E-state index < -0.39 is 76.1 Å². The first-order valence-electron chi connectivity index (χ1n) is 21.7. The van der Waals surface area contributed by atoms with Crippen molar-refractivity contribution in [3.8, 4) is 0 Å². The minimum atomic E-state index is -1.30. The summed E-state index contributed by atoms with van der Waals surface area (Å²) in [6, 6.07) is 5.99. The van der Waals surface area contributed by atoms with E-state index in [1.165, 1.54) is 9.58 Å². The van der Waals surface area contributed by atoms with Crippen molar-refractivity contribution in [1.29, 1.82) is 0 Å². The van der Waals surface area contributed by atoms with Crippen LogP contribution >= 0.6 is 44.3 Å². The number of nitrogens with zero attached hydrogens (tertiary/aromatic N) is 8. The van der Waals surface area contributed by atoms with Crippen LogP contribution in [0.25, 0.3) is 0 Å². The lowest BCUT2D eigenvalue weighted by Crippen LogP contribution is -2.26. The van der Waals surface area contributed by atoms with Gasteiger partial charge in [-0.2, -0.15) is 15.3 Å². The number of nitrogens with two attached hydrogens (primary N) is 1. The maximum atomic E-state index is 13.9. The third-order valence-electron chi connectivity index (χ3n) is 11.5. The molecule has 6 aromatic rings. The van der Waals surface area contributed by atoms with Crippen LogP contribution in [0, 0.1) is 52.4 Å². The molecule has 3 unspecified atom stereocenters. The molecule has 0 aliphatic carbocycles. The molecule has 3 atom stereocenters. The van der Waals surface area contributed by atoms with Gasteiger partial charge in [0.25, 0.3) is 0 Å². The third-order valence-corrected chi connectivity index (χ3v) is 12.8. The van der Waals surface area contributed by atoms with Crippen LogP contribution in [0.1, 0.15) is 82.5 Å². The van der Waals surface area contributed by atoms with Crippen molar-refractivity contribution in [1.82, 2.24) is 39.1 Å². The summed E-state index contributed by atoms with van der Waals surface area (Å²) < 4.78 is 132. The molecule has 394 valence electrons. The fraction of sp³-hybridized carbons (Fsp3) is 0.340. The second kappa shape index (κ2) is 26.8. The molecule has 3 aromatic carbocycles. The van der Waals surface area contributed by atoms with Crippen molar-refractivity contribution in [2.45, 2.75) is 57.0 Å². The molecule has 14 nitrogen and oxygen atoms in total. The Kier molecular flexibility index (Phi) is 21.8. The zero-order valence-electron chi connectivity index (χ0n) is 39.2. The lowest BCUT2D eigenvalue weighted by atomic mass is 9.95. The molecule has 2 N–H and O–H groups in total. The van der Waals surface area contributed by atoms with Crippen molar-refractivity contribution < 1.29 is 63.4 Å². The highest BCUT2D eigenvalue weighted by Crippen LogP contribution is 2.34. The number of hydrogen-bond acceptors (Lipinski definition) is 9. The lowest BCUT2D eigenvalue weighted by molar-refractivity contribution is -0.143. The van der Waals surface area contributed by atoms with Gasteiger partial charge in [-0.05, 0) is 86.3 Å². The Bertz CT molecular complexity index is 2890. The van der Waals surface area contributed by atoms with E-state index in [2.05, 4.69) is 47.2 Å². The molecule has 0 bridgehead atoms. The van der Waals surface area contributed by atoms with Gasteiger partial charge in [-0.15, -0.1) is 12.4 Å². The summed E-state index contributed by atoms with van der Waals surface area (Å²) in [5, 5.41) is 11.9. The molecule has 73 heavy (non-hydrogen) atoms. The SMILES string of the molecule is CCOC(=O)CC(CN)c1cc(F)cc(F)c1F.Cl.Cn1ncc(Br)c1C=O.Cn1ncc(Br)c1CN1CC(c2cc(F)cc(F)c2F)CC1=O.Cn1nccc1CN1CC(c2cc(F)cc(F)c2F)CC1=O. The highest BCUT2D eigenvalue weighted by Gasteiger charge is 2.35. The number of aldehydes is 1. The molecule has 2 aliphatic heterocycles. The molecule has 2 amide bonds. The highest BCUT2D eigenvalue weighted by molar-refractivity contribution is 9.10. The Morgan fingerprint density at radius 1 is 0.726 bits per heavy atom. The number of amides is 2. The summed E-state index contributed by atoms with van der Waals surface area (Å²) in [5.74, 6) is -12.6. The van der Waals surface area contributed by atoms with E-state index in [0.717, 1.165) is 44.8 Å². The number of likely N-dealkylation sites (tertiary alicyclic amines) is 2. The molecule has 0 radical (unpaired) electrons. The van der Waals surface area contributed by atoms with E-state index in [4.69, 9.17) is 10.5 Å². The van der Waals surface area contributed by atoms with Crippen molar-refractivity contribution in [3.63, 3.8) is 0 Å². The third kappa shape index (κ3) is 15.3. The second-order valence-corrected chi connectivity index (χ2v) is 18.0. The van der Waals surface area contributed by atoms with E-state index in [-0.39, 0.29) is 86.4 Å². The second-order valence-electron chi connectivity index (χ2n) is 16.3. The summed E-state index contributed by atoms with van der Waals surface area (Å²) in [4.78, 5) is 48.8. The Hall–Kier alpha value is -6.05. The molecular formula is C47H47Br2ClF9N9O5. The molecule has 5 heterocycles. The van der Waals surface area contributed by atoms with E-state index >= 15 is 0 Å². The van der Waals surface area contributed by atoms with Gasteiger partial charge in [-0.25, -0.2) is 39.5 Å². The Morgan fingerprint density at radius 2 is 1.22 bits per heavy atom. The van der Waals surface area contributed by atoms with E-state index in [1.54, 1.807) is 67.0 Å². The van der Waals surface area contributed by atoms with Crippen molar-refractivity contribution in [2.75, 3.05) is 26.2 Å². The van der Waals surface area contributed by atoms with Gasteiger partial charge in [0.2, 0.25) is 11.8 Å². The van der Waals surface area contributed by atoms with Gasteiger partial charge < -0.3 is 20.3 Å². The summed E-state index contributed by atoms with van der Waals surface area (Å²) in [6.07, 6.45) is 5.43.